The molecule has 0 aromatic heterocycles. The Hall–Kier alpha value is -1.55. The first-order valence-electron chi connectivity index (χ1n) is 6.96. The summed E-state index contributed by atoms with van der Waals surface area (Å²) >= 11 is 0. The number of methoxy groups -OCH3 is 1. The van der Waals surface area contributed by atoms with Gasteiger partial charge in [0.05, 0.1) is 13.5 Å². The first-order chi connectivity index (χ1) is 9.40. The Bertz CT molecular complexity index is 424. The van der Waals surface area contributed by atoms with Gasteiger partial charge in [-0.3, -0.25) is 4.79 Å². The molecule has 0 unspecified atom stereocenters. The lowest BCUT2D eigenvalue weighted by molar-refractivity contribution is -0.154. The van der Waals surface area contributed by atoms with Gasteiger partial charge in [-0.15, -0.1) is 0 Å². The Morgan fingerprint density at radius 2 is 2.00 bits per heavy atom. The van der Waals surface area contributed by atoms with E-state index in [9.17, 15) is 4.79 Å². The molecule has 0 saturated heterocycles. The second-order valence-corrected chi connectivity index (χ2v) is 5.69. The fourth-order valence-electron chi connectivity index (χ4n) is 1.77. The van der Waals surface area contributed by atoms with Crippen LogP contribution in [0.25, 0.3) is 0 Å². The predicted molar refractivity (Wildman–Crippen MR) is 80.0 cm³/mol. The van der Waals surface area contributed by atoms with Gasteiger partial charge in [0.25, 0.3) is 0 Å². The molecule has 0 radical (unpaired) electrons. The standard InChI is InChI=1S/C16H25NO3/c1-16(2,3)20-15(18)9-11-17-10-8-13-6-5-7-14(12-13)19-4/h5-7,12,17H,8-11H2,1-4H3. The highest BCUT2D eigenvalue weighted by atomic mass is 16.6. The van der Waals surface area contributed by atoms with Crippen LogP contribution in [0.5, 0.6) is 5.75 Å². The van der Waals surface area contributed by atoms with Crippen molar-refractivity contribution in [3.63, 3.8) is 0 Å². The first-order valence-corrected chi connectivity index (χ1v) is 6.96. The van der Waals surface area contributed by atoms with Crippen LogP contribution in [0.4, 0.5) is 0 Å². The van der Waals surface area contributed by atoms with Crippen LogP contribution in [-0.4, -0.2) is 31.8 Å². The van der Waals surface area contributed by atoms with E-state index in [4.69, 9.17) is 9.47 Å². The van der Waals surface area contributed by atoms with Gasteiger partial charge in [-0.2, -0.15) is 0 Å². The van der Waals surface area contributed by atoms with E-state index in [2.05, 4.69) is 11.4 Å². The molecule has 1 N–H and O–H groups in total. The summed E-state index contributed by atoms with van der Waals surface area (Å²) in [7, 11) is 1.66. The zero-order valence-electron chi connectivity index (χ0n) is 12.9. The normalized spacial score (nSPS) is 11.2. The molecule has 0 aliphatic rings. The van der Waals surface area contributed by atoms with Gasteiger partial charge in [0.15, 0.2) is 0 Å². The maximum Gasteiger partial charge on any atom is 0.307 e. The third-order valence-corrected chi connectivity index (χ3v) is 2.65. The van der Waals surface area contributed by atoms with Crippen molar-refractivity contribution in [3.8, 4) is 5.75 Å². The molecule has 0 saturated carbocycles. The van der Waals surface area contributed by atoms with Crippen molar-refractivity contribution in [2.24, 2.45) is 0 Å². The van der Waals surface area contributed by atoms with Crippen molar-refractivity contribution in [1.82, 2.24) is 5.32 Å². The number of carbonyl (C=O) groups is 1. The van der Waals surface area contributed by atoms with Crippen molar-refractivity contribution >= 4 is 5.97 Å². The highest BCUT2D eigenvalue weighted by Crippen LogP contribution is 2.12. The van der Waals surface area contributed by atoms with Crippen LogP contribution in [0.2, 0.25) is 0 Å². The smallest absolute Gasteiger partial charge is 0.307 e. The summed E-state index contributed by atoms with van der Waals surface area (Å²) < 4.78 is 10.4. The molecule has 0 aliphatic carbocycles. The Balaban J connectivity index is 2.17. The number of benzene rings is 1. The lowest BCUT2D eigenvalue weighted by Gasteiger charge is -2.19. The molecular weight excluding hydrogens is 254 g/mol. The summed E-state index contributed by atoms with van der Waals surface area (Å²) in [5, 5.41) is 3.25. The summed E-state index contributed by atoms with van der Waals surface area (Å²) in [6, 6.07) is 8.00. The summed E-state index contributed by atoms with van der Waals surface area (Å²) in [4.78, 5) is 11.5. The van der Waals surface area contributed by atoms with E-state index in [0.717, 1.165) is 18.7 Å². The summed E-state index contributed by atoms with van der Waals surface area (Å²) in [5.74, 6) is 0.711. The van der Waals surface area contributed by atoms with Crippen LogP contribution in [0.3, 0.4) is 0 Å². The van der Waals surface area contributed by atoms with Gasteiger partial charge >= 0.3 is 5.97 Å². The van der Waals surface area contributed by atoms with E-state index < -0.39 is 5.60 Å². The summed E-state index contributed by atoms with van der Waals surface area (Å²) in [5.41, 5.74) is 0.812. The molecule has 4 heteroatoms. The molecule has 1 rings (SSSR count). The topological polar surface area (TPSA) is 47.6 Å². The minimum Gasteiger partial charge on any atom is -0.497 e. The summed E-state index contributed by atoms with van der Waals surface area (Å²) in [6.45, 7) is 7.10. The van der Waals surface area contributed by atoms with Crippen molar-refractivity contribution in [2.75, 3.05) is 20.2 Å². The van der Waals surface area contributed by atoms with Crippen LogP contribution in [-0.2, 0) is 16.0 Å². The average Bonchev–Trinajstić information content (AvgIpc) is 2.36. The number of nitrogens with one attached hydrogen (secondary N) is 1. The van der Waals surface area contributed by atoms with E-state index >= 15 is 0 Å². The molecule has 0 bridgehead atoms. The molecule has 1 aromatic rings. The number of hydrogen-bond donors (Lipinski definition) is 1. The fourth-order valence-corrected chi connectivity index (χ4v) is 1.77. The highest BCUT2D eigenvalue weighted by Gasteiger charge is 2.15. The number of esters is 1. The molecule has 0 heterocycles. The lowest BCUT2D eigenvalue weighted by Crippen LogP contribution is -2.27. The SMILES string of the molecule is COc1cccc(CCNCCC(=O)OC(C)(C)C)c1. The molecule has 0 atom stereocenters. The monoisotopic (exact) mass is 279 g/mol. The number of ether oxygens (including phenoxy) is 2. The van der Waals surface area contributed by atoms with Crippen LogP contribution < -0.4 is 10.1 Å². The molecule has 0 amide bonds. The van der Waals surface area contributed by atoms with Gasteiger partial charge < -0.3 is 14.8 Å². The molecule has 20 heavy (non-hydrogen) atoms. The Kier molecular flexibility index (Phi) is 6.52. The predicted octanol–water partition coefficient (Wildman–Crippen LogP) is 2.56. The molecule has 0 spiro atoms. The van der Waals surface area contributed by atoms with E-state index in [0.29, 0.717) is 13.0 Å². The Morgan fingerprint density at radius 1 is 1.25 bits per heavy atom. The first kappa shape index (κ1) is 16.5. The van der Waals surface area contributed by atoms with Crippen molar-refractivity contribution in [3.05, 3.63) is 29.8 Å². The van der Waals surface area contributed by atoms with Crippen molar-refractivity contribution < 1.29 is 14.3 Å². The Morgan fingerprint density at radius 3 is 2.65 bits per heavy atom. The fraction of sp³-hybridized carbons (Fsp3) is 0.562. The zero-order chi connectivity index (χ0) is 15.0. The van der Waals surface area contributed by atoms with Gasteiger partial charge in [0, 0.05) is 6.54 Å². The van der Waals surface area contributed by atoms with Crippen LogP contribution in [0.15, 0.2) is 24.3 Å². The van der Waals surface area contributed by atoms with Crippen molar-refractivity contribution in [2.45, 2.75) is 39.2 Å². The van der Waals surface area contributed by atoms with Gasteiger partial charge in [0.2, 0.25) is 0 Å². The lowest BCUT2D eigenvalue weighted by atomic mass is 10.1. The van der Waals surface area contributed by atoms with E-state index in [1.54, 1.807) is 7.11 Å². The Labute approximate surface area is 121 Å². The van der Waals surface area contributed by atoms with E-state index in [1.165, 1.54) is 5.56 Å². The molecule has 112 valence electrons. The van der Waals surface area contributed by atoms with Crippen LogP contribution in [0.1, 0.15) is 32.8 Å². The van der Waals surface area contributed by atoms with Gasteiger partial charge in [-0.25, -0.2) is 0 Å². The third-order valence-electron chi connectivity index (χ3n) is 2.65. The third kappa shape index (κ3) is 7.14. The number of hydrogen-bond acceptors (Lipinski definition) is 4. The second-order valence-electron chi connectivity index (χ2n) is 5.69. The molecule has 4 nitrogen and oxygen atoms in total. The van der Waals surface area contributed by atoms with Gasteiger partial charge in [-0.1, -0.05) is 12.1 Å². The summed E-state index contributed by atoms with van der Waals surface area (Å²) in [6.07, 6.45) is 1.31. The molecule has 0 fully saturated rings. The van der Waals surface area contributed by atoms with E-state index in [1.807, 2.05) is 39.0 Å². The van der Waals surface area contributed by atoms with E-state index in [-0.39, 0.29) is 5.97 Å². The average molecular weight is 279 g/mol. The van der Waals surface area contributed by atoms with Crippen LogP contribution >= 0.6 is 0 Å². The molecular formula is C16H25NO3. The van der Waals surface area contributed by atoms with Gasteiger partial charge in [0.1, 0.15) is 11.4 Å². The van der Waals surface area contributed by atoms with Crippen LogP contribution in [0, 0.1) is 0 Å². The minimum absolute atomic E-state index is 0.161. The second kappa shape index (κ2) is 7.90. The maximum atomic E-state index is 11.5. The number of rotatable bonds is 7. The highest BCUT2D eigenvalue weighted by molar-refractivity contribution is 5.70. The zero-order valence-corrected chi connectivity index (χ0v) is 12.9. The van der Waals surface area contributed by atoms with Gasteiger partial charge in [-0.05, 0) is 51.4 Å². The van der Waals surface area contributed by atoms with Crippen molar-refractivity contribution in [1.29, 1.82) is 0 Å². The largest absolute Gasteiger partial charge is 0.497 e. The molecule has 1 aromatic carbocycles. The number of carbonyl (C=O) groups excluding carboxylic acids is 1. The molecule has 0 aliphatic heterocycles. The maximum absolute atomic E-state index is 11.5. The quantitative estimate of drug-likeness (QED) is 0.615. The minimum atomic E-state index is -0.405.